The lowest BCUT2D eigenvalue weighted by Gasteiger charge is -2.24. The summed E-state index contributed by atoms with van der Waals surface area (Å²) in [5.74, 6) is -0.0475. The van der Waals surface area contributed by atoms with E-state index in [0.29, 0.717) is 13.2 Å². The second-order valence-electron chi connectivity index (χ2n) is 4.80. The number of hydrogen-bond donors (Lipinski definition) is 2. The van der Waals surface area contributed by atoms with Crippen LogP contribution in [-0.4, -0.2) is 37.7 Å². The van der Waals surface area contributed by atoms with Crippen molar-refractivity contribution in [1.82, 2.24) is 10.6 Å². The molecule has 0 aromatic heterocycles. The van der Waals surface area contributed by atoms with Gasteiger partial charge in [0.25, 0.3) is 5.91 Å². The van der Waals surface area contributed by atoms with Gasteiger partial charge in [0.2, 0.25) is 0 Å². The molecule has 0 saturated carbocycles. The van der Waals surface area contributed by atoms with E-state index in [0.717, 1.165) is 23.6 Å². The van der Waals surface area contributed by atoms with Crippen molar-refractivity contribution in [2.75, 3.05) is 19.7 Å². The van der Waals surface area contributed by atoms with Crippen molar-refractivity contribution in [3.63, 3.8) is 0 Å². The first-order valence-electron chi connectivity index (χ1n) is 6.52. The highest BCUT2D eigenvalue weighted by Gasteiger charge is 2.22. The van der Waals surface area contributed by atoms with Crippen molar-refractivity contribution in [1.29, 1.82) is 0 Å². The normalized spacial score (nSPS) is 20.8. The van der Waals surface area contributed by atoms with Crippen LogP contribution in [0.3, 0.4) is 0 Å². The first kappa shape index (κ1) is 14.3. The van der Waals surface area contributed by atoms with Gasteiger partial charge in [0, 0.05) is 24.2 Å². The minimum Gasteiger partial charge on any atom is -0.366 e. The van der Waals surface area contributed by atoms with E-state index in [1.807, 2.05) is 31.2 Å². The summed E-state index contributed by atoms with van der Waals surface area (Å²) >= 11 is 5.84. The van der Waals surface area contributed by atoms with Gasteiger partial charge in [-0.15, -0.1) is 0 Å². The molecule has 1 saturated heterocycles. The van der Waals surface area contributed by atoms with Gasteiger partial charge in [-0.1, -0.05) is 23.7 Å². The Hall–Kier alpha value is -1.10. The zero-order valence-electron chi connectivity index (χ0n) is 11.0. The monoisotopic (exact) mass is 282 g/mol. The van der Waals surface area contributed by atoms with Crippen LogP contribution < -0.4 is 10.6 Å². The molecule has 1 heterocycles. The van der Waals surface area contributed by atoms with Gasteiger partial charge in [-0.2, -0.15) is 0 Å². The molecule has 1 amide bonds. The fraction of sp³-hybridized carbons (Fsp3) is 0.500. The Bertz CT molecular complexity index is 416. The van der Waals surface area contributed by atoms with Crippen LogP contribution >= 0.6 is 11.6 Å². The lowest BCUT2D eigenvalue weighted by atomic mass is 10.1. The molecule has 2 unspecified atom stereocenters. The molecule has 0 radical (unpaired) electrons. The Balaban J connectivity index is 1.81. The molecule has 2 N–H and O–H groups in total. The summed E-state index contributed by atoms with van der Waals surface area (Å²) in [6.07, 6.45) is 0.407. The first-order chi connectivity index (χ1) is 9.15. The van der Waals surface area contributed by atoms with Crippen LogP contribution in [0.1, 0.15) is 12.5 Å². The van der Waals surface area contributed by atoms with Crippen LogP contribution in [0.2, 0.25) is 5.02 Å². The number of morpholine rings is 1. The second-order valence-corrected chi connectivity index (χ2v) is 5.24. The first-order valence-corrected chi connectivity index (χ1v) is 6.90. The number of carbonyl (C=O) groups is 1. The molecular weight excluding hydrogens is 264 g/mol. The molecular formula is C14H19ClN2O2. The summed E-state index contributed by atoms with van der Waals surface area (Å²) in [6, 6.07) is 7.74. The van der Waals surface area contributed by atoms with Gasteiger partial charge in [0.1, 0.15) is 6.10 Å². The third-order valence-corrected chi connectivity index (χ3v) is 3.32. The Morgan fingerprint density at radius 2 is 2.26 bits per heavy atom. The maximum atomic E-state index is 12.0. The number of carbonyl (C=O) groups excluding carboxylic acids is 1. The SMILES string of the molecule is CC(Cc1ccc(Cl)cc1)NC(=O)C1CNCCO1. The highest BCUT2D eigenvalue weighted by molar-refractivity contribution is 6.30. The predicted octanol–water partition coefficient (Wildman–Crippen LogP) is 1.38. The predicted molar refractivity (Wildman–Crippen MR) is 75.4 cm³/mol. The van der Waals surface area contributed by atoms with Crippen molar-refractivity contribution in [3.8, 4) is 0 Å². The maximum Gasteiger partial charge on any atom is 0.250 e. The number of nitrogens with one attached hydrogen (secondary N) is 2. The van der Waals surface area contributed by atoms with Gasteiger partial charge in [-0.3, -0.25) is 4.79 Å². The zero-order chi connectivity index (χ0) is 13.7. The van der Waals surface area contributed by atoms with Crippen LogP contribution in [0, 0.1) is 0 Å². The minimum atomic E-state index is -0.374. The number of halogens is 1. The van der Waals surface area contributed by atoms with E-state index >= 15 is 0 Å². The van der Waals surface area contributed by atoms with E-state index < -0.39 is 0 Å². The molecule has 0 bridgehead atoms. The van der Waals surface area contributed by atoms with Crippen LogP contribution in [0.4, 0.5) is 0 Å². The van der Waals surface area contributed by atoms with Crippen molar-refractivity contribution < 1.29 is 9.53 Å². The lowest BCUT2D eigenvalue weighted by Crippen LogP contribution is -2.50. The summed E-state index contributed by atoms with van der Waals surface area (Å²) in [5.41, 5.74) is 1.15. The summed E-state index contributed by atoms with van der Waals surface area (Å²) in [5, 5.41) is 6.84. The van der Waals surface area contributed by atoms with Crippen molar-refractivity contribution in [2.24, 2.45) is 0 Å². The van der Waals surface area contributed by atoms with E-state index in [-0.39, 0.29) is 18.1 Å². The molecule has 1 aromatic rings. The van der Waals surface area contributed by atoms with E-state index in [1.165, 1.54) is 0 Å². The molecule has 4 nitrogen and oxygen atoms in total. The quantitative estimate of drug-likeness (QED) is 0.877. The number of amides is 1. The number of ether oxygens (including phenoxy) is 1. The van der Waals surface area contributed by atoms with Crippen LogP contribution in [0.25, 0.3) is 0 Å². The van der Waals surface area contributed by atoms with Gasteiger partial charge < -0.3 is 15.4 Å². The van der Waals surface area contributed by atoms with Crippen molar-refractivity contribution in [2.45, 2.75) is 25.5 Å². The summed E-state index contributed by atoms with van der Waals surface area (Å²) in [4.78, 5) is 12.0. The summed E-state index contributed by atoms with van der Waals surface area (Å²) in [7, 11) is 0. The van der Waals surface area contributed by atoms with E-state index in [1.54, 1.807) is 0 Å². The number of hydrogen-bond acceptors (Lipinski definition) is 3. The fourth-order valence-corrected chi connectivity index (χ4v) is 2.22. The summed E-state index contributed by atoms with van der Waals surface area (Å²) in [6.45, 7) is 3.97. The highest BCUT2D eigenvalue weighted by atomic mass is 35.5. The molecule has 104 valence electrons. The van der Waals surface area contributed by atoms with Gasteiger partial charge in [-0.25, -0.2) is 0 Å². The Labute approximate surface area is 118 Å². The van der Waals surface area contributed by atoms with E-state index in [4.69, 9.17) is 16.3 Å². The third kappa shape index (κ3) is 4.49. The van der Waals surface area contributed by atoms with E-state index in [2.05, 4.69) is 10.6 Å². The van der Waals surface area contributed by atoms with Crippen LogP contribution in [-0.2, 0) is 16.0 Å². The molecule has 0 aliphatic carbocycles. The maximum absolute atomic E-state index is 12.0. The van der Waals surface area contributed by atoms with Gasteiger partial charge in [-0.05, 0) is 31.0 Å². The van der Waals surface area contributed by atoms with Crippen LogP contribution in [0.5, 0.6) is 0 Å². The van der Waals surface area contributed by atoms with Gasteiger partial charge in [0.15, 0.2) is 0 Å². The number of benzene rings is 1. The summed E-state index contributed by atoms with van der Waals surface area (Å²) < 4.78 is 5.41. The molecule has 1 aliphatic heterocycles. The molecule has 1 fully saturated rings. The van der Waals surface area contributed by atoms with Crippen molar-refractivity contribution in [3.05, 3.63) is 34.9 Å². The molecule has 1 aromatic carbocycles. The highest BCUT2D eigenvalue weighted by Crippen LogP contribution is 2.11. The molecule has 19 heavy (non-hydrogen) atoms. The fourth-order valence-electron chi connectivity index (χ4n) is 2.09. The molecule has 5 heteroatoms. The molecule has 2 atom stereocenters. The molecule has 1 aliphatic rings. The third-order valence-electron chi connectivity index (χ3n) is 3.06. The lowest BCUT2D eigenvalue weighted by molar-refractivity contribution is -0.134. The second kappa shape index (κ2) is 6.89. The zero-order valence-corrected chi connectivity index (χ0v) is 11.7. The topological polar surface area (TPSA) is 50.4 Å². The Morgan fingerprint density at radius 3 is 2.89 bits per heavy atom. The van der Waals surface area contributed by atoms with Gasteiger partial charge >= 0.3 is 0 Å². The Morgan fingerprint density at radius 1 is 1.53 bits per heavy atom. The average Bonchev–Trinajstić information content (AvgIpc) is 2.42. The van der Waals surface area contributed by atoms with Crippen molar-refractivity contribution >= 4 is 17.5 Å². The molecule has 0 spiro atoms. The smallest absolute Gasteiger partial charge is 0.250 e. The van der Waals surface area contributed by atoms with E-state index in [9.17, 15) is 4.79 Å². The number of rotatable bonds is 4. The largest absolute Gasteiger partial charge is 0.366 e. The minimum absolute atomic E-state index is 0.0475. The van der Waals surface area contributed by atoms with Gasteiger partial charge in [0.05, 0.1) is 6.61 Å². The molecule has 2 rings (SSSR count). The Kier molecular flexibility index (Phi) is 5.19. The standard InChI is InChI=1S/C14H19ClN2O2/c1-10(8-11-2-4-12(15)5-3-11)17-14(18)13-9-16-6-7-19-13/h2-5,10,13,16H,6-9H2,1H3,(H,17,18). The average molecular weight is 283 g/mol. The van der Waals surface area contributed by atoms with Crippen LogP contribution in [0.15, 0.2) is 24.3 Å².